The van der Waals surface area contributed by atoms with Crippen LogP contribution >= 0.6 is 0 Å². The van der Waals surface area contributed by atoms with E-state index in [9.17, 15) is 13.2 Å². The summed E-state index contributed by atoms with van der Waals surface area (Å²) in [5, 5.41) is 12.7. The number of piperidine rings is 1. The van der Waals surface area contributed by atoms with E-state index in [1.54, 1.807) is 21.0 Å². The van der Waals surface area contributed by atoms with Crippen molar-refractivity contribution < 1.29 is 17.9 Å². The molecule has 9 nitrogen and oxygen atoms in total. The topological polar surface area (TPSA) is 116 Å². The van der Waals surface area contributed by atoms with Crippen LogP contribution in [0.25, 0.3) is 0 Å². The summed E-state index contributed by atoms with van der Waals surface area (Å²) in [6, 6.07) is 0. The lowest BCUT2D eigenvalue weighted by Crippen LogP contribution is -2.46. The Morgan fingerprint density at radius 2 is 2.12 bits per heavy atom. The largest absolute Gasteiger partial charge is 0.383 e. The monoisotopic (exact) mass is 387 g/mol. The zero-order valence-corrected chi connectivity index (χ0v) is 16.5. The maximum absolute atomic E-state index is 12.9. The molecule has 0 spiro atoms. The summed E-state index contributed by atoms with van der Waals surface area (Å²) >= 11 is 0. The molecule has 1 aromatic heterocycles. The van der Waals surface area contributed by atoms with E-state index >= 15 is 0 Å². The second-order valence-electron chi connectivity index (χ2n) is 6.50. The predicted octanol–water partition coefficient (Wildman–Crippen LogP) is -0.221. The van der Waals surface area contributed by atoms with Crippen LogP contribution in [0.5, 0.6) is 0 Å². The number of carbonyl (C=O) groups is 1. The van der Waals surface area contributed by atoms with Crippen molar-refractivity contribution in [1.82, 2.24) is 25.1 Å². The second kappa shape index (κ2) is 9.45. The lowest BCUT2D eigenvalue weighted by atomic mass is 9.99. The minimum Gasteiger partial charge on any atom is -0.383 e. The number of carbonyl (C=O) groups excluding carboxylic acids is 1. The normalized spacial score (nSPS) is 18.8. The standard InChI is InChI=1S/C16H29N5O4S/c1-12-15(13(2)20-19-12)26(23,24)21-9-4-5-14(11-21)16(22)18-7-6-17-8-10-25-3/h14,17H,4-11H2,1-3H3,(H,18,22)(H,19,20). The Hall–Kier alpha value is -1.49. The van der Waals surface area contributed by atoms with Gasteiger partial charge in [-0.05, 0) is 26.7 Å². The average Bonchev–Trinajstić information content (AvgIpc) is 2.97. The summed E-state index contributed by atoms with van der Waals surface area (Å²) in [5.74, 6) is -0.427. The van der Waals surface area contributed by atoms with Crippen molar-refractivity contribution in [3.8, 4) is 0 Å². The fourth-order valence-corrected chi connectivity index (χ4v) is 5.00. The first-order valence-corrected chi connectivity index (χ1v) is 10.3. The van der Waals surface area contributed by atoms with Crippen LogP contribution in [0.2, 0.25) is 0 Å². The van der Waals surface area contributed by atoms with Crippen molar-refractivity contribution in [1.29, 1.82) is 0 Å². The molecule has 1 saturated heterocycles. The van der Waals surface area contributed by atoms with E-state index in [1.807, 2.05) is 0 Å². The van der Waals surface area contributed by atoms with Crippen molar-refractivity contribution in [2.75, 3.05) is 46.4 Å². The number of nitrogens with one attached hydrogen (secondary N) is 3. The van der Waals surface area contributed by atoms with Gasteiger partial charge in [-0.2, -0.15) is 9.40 Å². The zero-order valence-electron chi connectivity index (χ0n) is 15.7. The van der Waals surface area contributed by atoms with E-state index < -0.39 is 10.0 Å². The van der Waals surface area contributed by atoms with Crippen LogP contribution in [0.15, 0.2) is 4.90 Å². The van der Waals surface area contributed by atoms with Crippen LogP contribution < -0.4 is 10.6 Å². The van der Waals surface area contributed by atoms with Gasteiger partial charge in [0, 0.05) is 39.8 Å². The summed E-state index contributed by atoms with van der Waals surface area (Å²) in [4.78, 5) is 12.6. The zero-order chi connectivity index (χ0) is 19.2. The number of hydrogen-bond acceptors (Lipinski definition) is 6. The highest BCUT2D eigenvalue weighted by Crippen LogP contribution is 2.26. The molecule has 1 fully saturated rings. The van der Waals surface area contributed by atoms with E-state index in [-0.39, 0.29) is 23.3 Å². The second-order valence-corrected chi connectivity index (χ2v) is 8.37. The number of aryl methyl sites for hydroxylation is 2. The molecule has 0 bridgehead atoms. The number of sulfonamides is 1. The summed E-state index contributed by atoms with van der Waals surface area (Å²) in [6.45, 7) is 6.49. The molecule has 0 aliphatic carbocycles. The van der Waals surface area contributed by atoms with E-state index in [0.29, 0.717) is 50.5 Å². The number of hydrogen-bond donors (Lipinski definition) is 3. The molecule has 2 rings (SSSR count). The number of aromatic amines is 1. The van der Waals surface area contributed by atoms with Gasteiger partial charge in [-0.1, -0.05) is 0 Å². The smallest absolute Gasteiger partial charge is 0.246 e. The fourth-order valence-electron chi connectivity index (χ4n) is 3.14. The number of aromatic nitrogens is 2. The van der Waals surface area contributed by atoms with Crippen LogP contribution in [0.3, 0.4) is 0 Å². The highest BCUT2D eigenvalue weighted by atomic mass is 32.2. The summed E-state index contributed by atoms with van der Waals surface area (Å²) in [7, 11) is -2.01. The van der Waals surface area contributed by atoms with Gasteiger partial charge in [0.25, 0.3) is 0 Å². The first-order chi connectivity index (χ1) is 12.4. The fraction of sp³-hybridized carbons (Fsp3) is 0.750. The highest BCUT2D eigenvalue weighted by molar-refractivity contribution is 7.89. The Balaban J connectivity index is 1.91. The Kier molecular flexibility index (Phi) is 7.56. The number of H-pyrrole nitrogens is 1. The third-order valence-electron chi connectivity index (χ3n) is 4.50. The molecule has 2 heterocycles. The van der Waals surface area contributed by atoms with Gasteiger partial charge in [0.1, 0.15) is 4.90 Å². The quantitative estimate of drug-likeness (QED) is 0.505. The molecule has 0 radical (unpaired) electrons. The van der Waals surface area contributed by atoms with E-state index in [2.05, 4.69) is 20.8 Å². The minimum absolute atomic E-state index is 0.0981. The molecule has 1 aliphatic rings. The molecule has 1 aliphatic heterocycles. The van der Waals surface area contributed by atoms with E-state index in [4.69, 9.17) is 4.74 Å². The predicted molar refractivity (Wildman–Crippen MR) is 97.3 cm³/mol. The molecule has 1 unspecified atom stereocenters. The van der Waals surface area contributed by atoms with Crippen LogP contribution in [-0.4, -0.2) is 75.3 Å². The Morgan fingerprint density at radius 3 is 2.77 bits per heavy atom. The van der Waals surface area contributed by atoms with Gasteiger partial charge in [-0.3, -0.25) is 9.89 Å². The van der Waals surface area contributed by atoms with Crippen molar-refractivity contribution in [3.05, 3.63) is 11.4 Å². The lowest BCUT2D eigenvalue weighted by Gasteiger charge is -2.31. The number of amides is 1. The SMILES string of the molecule is COCCNCCNC(=O)C1CCCN(S(=O)(=O)c2c(C)n[nH]c2C)C1. The minimum atomic E-state index is -3.65. The molecule has 26 heavy (non-hydrogen) atoms. The number of nitrogens with zero attached hydrogens (tertiary/aromatic N) is 2. The van der Waals surface area contributed by atoms with Gasteiger partial charge in [0.2, 0.25) is 15.9 Å². The van der Waals surface area contributed by atoms with Gasteiger partial charge >= 0.3 is 0 Å². The van der Waals surface area contributed by atoms with Crippen LogP contribution in [0, 0.1) is 19.8 Å². The third kappa shape index (κ3) is 5.03. The average molecular weight is 388 g/mol. The van der Waals surface area contributed by atoms with Gasteiger partial charge in [-0.25, -0.2) is 8.42 Å². The Bertz CT molecular complexity index is 684. The molecule has 1 aromatic rings. The molecule has 10 heteroatoms. The van der Waals surface area contributed by atoms with E-state index in [0.717, 1.165) is 6.54 Å². The van der Waals surface area contributed by atoms with Gasteiger partial charge in [0.05, 0.1) is 23.9 Å². The Labute approximate surface area is 154 Å². The summed E-state index contributed by atoms with van der Waals surface area (Å²) in [6.07, 6.45) is 1.36. The number of rotatable bonds is 9. The van der Waals surface area contributed by atoms with Crippen molar-refractivity contribution in [2.24, 2.45) is 5.92 Å². The Morgan fingerprint density at radius 1 is 1.35 bits per heavy atom. The van der Waals surface area contributed by atoms with Crippen molar-refractivity contribution >= 4 is 15.9 Å². The van der Waals surface area contributed by atoms with Crippen molar-refractivity contribution in [3.63, 3.8) is 0 Å². The molecular weight excluding hydrogens is 358 g/mol. The van der Waals surface area contributed by atoms with Gasteiger partial charge in [-0.15, -0.1) is 0 Å². The summed E-state index contributed by atoms with van der Waals surface area (Å²) in [5.41, 5.74) is 0.979. The highest BCUT2D eigenvalue weighted by Gasteiger charge is 2.35. The third-order valence-corrected chi connectivity index (χ3v) is 6.63. The van der Waals surface area contributed by atoms with Crippen molar-refractivity contribution in [2.45, 2.75) is 31.6 Å². The molecule has 148 valence electrons. The van der Waals surface area contributed by atoms with Crippen LogP contribution in [0.4, 0.5) is 0 Å². The van der Waals surface area contributed by atoms with Crippen LogP contribution in [0.1, 0.15) is 24.2 Å². The number of ether oxygens (including phenoxy) is 1. The molecule has 0 aromatic carbocycles. The molecule has 3 N–H and O–H groups in total. The molecule has 1 atom stereocenters. The van der Waals surface area contributed by atoms with Gasteiger partial charge in [0.15, 0.2) is 0 Å². The first-order valence-electron chi connectivity index (χ1n) is 8.87. The van der Waals surface area contributed by atoms with Crippen LogP contribution in [-0.2, 0) is 19.6 Å². The van der Waals surface area contributed by atoms with Gasteiger partial charge < -0.3 is 15.4 Å². The maximum Gasteiger partial charge on any atom is 0.246 e. The molecule has 1 amide bonds. The lowest BCUT2D eigenvalue weighted by molar-refractivity contribution is -0.126. The molecule has 0 saturated carbocycles. The summed E-state index contributed by atoms with van der Waals surface area (Å²) < 4.78 is 32.2. The maximum atomic E-state index is 12.9. The van der Waals surface area contributed by atoms with E-state index in [1.165, 1.54) is 4.31 Å². The number of methoxy groups -OCH3 is 1. The first kappa shape index (κ1) is 20.8. The molecular formula is C16H29N5O4S.